The van der Waals surface area contributed by atoms with E-state index in [1.165, 1.54) is 28.3 Å². The largest absolute Gasteiger partial charge is 0.481 e. The molecule has 0 saturated carbocycles. The topological polar surface area (TPSA) is 87.2 Å². The molecule has 2 aliphatic heterocycles. The molecule has 1 atom stereocenters. The van der Waals surface area contributed by atoms with Crippen molar-refractivity contribution in [3.8, 4) is 18.1 Å². The molecule has 1 unspecified atom stereocenters. The number of hydrogen-bond donors (Lipinski definition) is 0. The number of amides is 4. The summed E-state index contributed by atoms with van der Waals surface area (Å²) < 4.78 is 19.9. The van der Waals surface area contributed by atoms with E-state index in [0.717, 1.165) is 36.1 Å². The van der Waals surface area contributed by atoms with Crippen LogP contribution in [0.3, 0.4) is 0 Å². The number of carbonyl (C=O) groups excluding carboxylic acids is 4. The first kappa shape index (κ1) is 32.8. The van der Waals surface area contributed by atoms with E-state index < -0.39 is 17.6 Å². The number of thioether (sulfide) groups is 1. The van der Waals surface area contributed by atoms with Crippen LogP contribution in [0.2, 0.25) is 0 Å². The Kier molecular flexibility index (Phi) is 10.9. The fourth-order valence-corrected chi connectivity index (χ4v) is 6.29. The highest BCUT2D eigenvalue weighted by Gasteiger charge is 2.41. The molecular weight excluding hydrogens is 581 g/mol. The maximum absolute atomic E-state index is 14.7. The van der Waals surface area contributed by atoms with Crippen LogP contribution in [0.4, 0.5) is 20.6 Å². The Morgan fingerprint density at radius 3 is 2.25 bits per heavy atom. The summed E-state index contributed by atoms with van der Waals surface area (Å²) in [5.74, 6) is 1.65. The van der Waals surface area contributed by atoms with Gasteiger partial charge >= 0.3 is 0 Å². The van der Waals surface area contributed by atoms with Crippen molar-refractivity contribution >= 4 is 46.1 Å². The molecule has 0 spiro atoms. The van der Waals surface area contributed by atoms with Crippen LogP contribution in [0, 0.1) is 24.1 Å². The quantitative estimate of drug-likeness (QED) is 0.266. The second-order valence-electron chi connectivity index (χ2n) is 11.2. The summed E-state index contributed by atoms with van der Waals surface area (Å²) in [5, 5.41) is 0.183. The standard InChI is InChI=1S/C19H15FN2O4.C15H23NOS/c1-2-7-21-15-9-14(13(20)8-16(15)26-10-17(21)23)22-18(24)11-5-3-4-6-12(11)19(22)25;1-5-16(13(4)12(2)3)15(17)18-11-14-9-7-6-8-10-14/h1,8-9H,3-7,10H2;6-10,12-13H,5,11H2,1-4H3. The molecule has 2 aromatic rings. The van der Waals surface area contributed by atoms with Crippen LogP contribution in [-0.2, 0) is 20.1 Å². The lowest BCUT2D eigenvalue weighted by molar-refractivity contribution is -0.121. The number of rotatable bonds is 7. The third-order valence-electron chi connectivity index (χ3n) is 8.09. The predicted molar refractivity (Wildman–Crippen MR) is 171 cm³/mol. The van der Waals surface area contributed by atoms with Crippen molar-refractivity contribution in [3.63, 3.8) is 0 Å². The number of terminal acetylenes is 1. The van der Waals surface area contributed by atoms with Gasteiger partial charge in [0.1, 0.15) is 5.75 Å². The first-order chi connectivity index (χ1) is 21.1. The maximum Gasteiger partial charge on any atom is 0.282 e. The van der Waals surface area contributed by atoms with Crippen LogP contribution >= 0.6 is 11.8 Å². The summed E-state index contributed by atoms with van der Waals surface area (Å²) >= 11 is 1.39. The zero-order chi connectivity index (χ0) is 32.0. The Morgan fingerprint density at radius 1 is 1.05 bits per heavy atom. The minimum absolute atomic E-state index is 0.0170. The zero-order valence-corrected chi connectivity index (χ0v) is 26.4. The highest BCUT2D eigenvalue weighted by Crippen LogP contribution is 2.41. The molecular formula is C34H38FN3O5S. The van der Waals surface area contributed by atoms with Gasteiger partial charge in [-0.1, -0.05) is 61.9 Å². The Bertz CT molecular complexity index is 1470. The second-order valence-corrected chi connectivity index (χ2v) is 12.1. The molecule has 5 rings (SSSR count). The number of imide groups is 1. The van der Waals surface area contributed by atoms with Crippen LogP contribution in [0.15, 0.2) is 53.6 Å². The van der Waals surface area contributed by atoms with E-state index in [9.17, 15) is 23.6 Å². The molecule has 3 aliphatic rings. The van der Waals surface area contributed by atoms with E-state index in [1.54, 1.807) is 0 Å². The van der Waals surface area contributed by atoms with Gasteiger partial charge < -0.3 is 9.64 Å². The molecule has 0 radical (unpaired) electrons. The number of halogens is 1. The Balaban J connectivity index is 0.000000217. The lowest BCUT2D eigenvalue weighted by Gasteiger charge is -2.30. The van der Waals surface area contributed by atoms with Gasteiger partial charge in [-0.2, -0.15) is 0 Å². The zero-order valence-electron chi connectivity index (χ0n) is 25.6. The number of ether oxygens (including phenoxy) is 1. The molecule has 232 valence electrons. The van der Waals surface area contributed by atoms with E-state index >= 15 is 0 Å². The fourth-order valence-electron chi connectivity index (χ4n) is 5.35. The number of benzene rings is 2. The minimum atomic E-state index is -0.764. The van der Waals surface area contributed by atoms with Gasteiger partial charge in [0.25, 0.3) is 23.0 Å². The number of anilines is 2. The minimum Gasteiger partial charge on any atom is -0.481 e. The van der Waals surface area contributed by atoms with Gasteiger partial charge in [-0.3, -0.25) is 24.1 Å². The van der Waals surface area contributed by atoms with Gasteiger partial charge in [0.15, 0.2) is 12.4 Å². The van der Waals surface area contributed by atoms with E-state index in [2.05, 4.69) is 38.8 Å². The summed E-state index contributed by atoms with van der Waals surface area (Å²) in [7, 11) is 0. The van der Waals surface area contributed by atoms with Crippen LogP contribution in [0.25, 0.3) is 0 Å². The summed E-state index contributed by atoms with van der Waals surface area (Å²) in [6.07, 6.45) is 8.01. The Labute approximate surface area is 262 Å². The van der Waals surface area contributed by atoms with Gasteiger partial charge in [0, 0.05) is 35.6 Å². The molecule has 1 aliphatic carbocycles. The number of nitrogens with zero attached hydrogens (tertiary/aromatic N) is 3. The lowest BCUT2D eigenvalue weighted by Crippen LogP contribution is -2.39. The smallest absolute Gasteiger partial charge is 0.282 e. The Morgan fingerprint density at radius 2 is 1.68 bits per heavy atom. The molecule has 44 heavy (non-hydrogen) atoms. The number of fused-ring (bicyclic) bond motifs is 1. The van der Waals surface area contributed by atoms with E-state index in [-0.39, 0.29) is 41.4 Å². The maximum atomic E-state index is 14.7. The molecule has 2 aromatic carbocycles. The molecule has 8 nitrogen and oxygen atoms in total. The molecule has 0 bridgehead atoms. The van der Waals surface area contributed by atoms with Gasteiger partial charge in [-0.25, -0.2) is 9.29 Å². The van der Waals surface area contributed by atoms with Gasteiger partial charge in [-0.05, 0) is 57.1 Å². The van der Waals surface area contributed by atoms with E-state index in [4.69, 9.17) is 11.2 Å². The van der Waals surface area contributed by atoms with Crippen molar-refractivity contribution in [2.45, 2.75) is 65.2 Å². The third-order valence-corrected chi connectivity index (χ3v) is 9.05. The van der Waals surface area contributed by atoms with E-state index in [1.807, 2.05) is 30.0 Å². The first-order valence-corrected chi connectivity index (χ1v) is 15.9. The summed E-state index contributed by atoms with van der Waals surface area (Å²) in [6.45, 7) is 8.99. The number of carbonyl (C=O) groups is 4. The fraction of sp³-hybridized carbons (Fsp3) is 0.412. The van der Waals surface area contributed by atoms with Crippen LogP contribution in [-0.4, -0.2) is 53.6 Å². The Hall–Kier alpha value is -4.10. The monoisotopic (exact) mass is 619 g/mol. The average Bonchev–Trinajstić information content (AvgIpc) is 3.27. The average molecular weight is 620 g/mol. The van der Waals surface area contributed by atoms with Crippen molar-refractivity contribution in [3.05, 3.63) is 65.0 Å². The van der Waals surface area contributed by atoms with Crippen molar-refractivity contribution < 1.29 is 28.3 Å². The molecule has 4 amide bonds. The van der Waals surface area contributed by atoms with Crippen LogP contribution in [0.1, 0.15) is 58.9 Å². The van der Waals surface area contributed by atoms with E-state index in [0.29, 0.717) is 35.9 Å². The third kappa shape index (κ3) is 6.99. The van der Waals surface area contributed by atoms with Gasteiger partial charge in [0.2, 0.25) is 0 Å². The van der Waals surface area contributed by atoms with Crippen molar-refractivity contribution in [1.29, 1.82) is 0 Å². The highest BCUT2D eigenvalue weighted by atomic mass is 32.2. The van der Waals surface area contributed by atoms with Crippen molar-refractivity contribution in [2.24, 2.45) is 5.92 Å². The molecule has 10 heteroatoms. The second kappa shape index (κ2) is 14.6. The summed E-state index contributed by atoms with van der Waals surface area (Å²) in [4.78, 5) is 53.7. The molecule has 0 fully saturated rings. The number of hydrogen-bond acceptors (Lipinski definition) is 6. The molecule has 0 saturated heterocycles. The highest BCUT2D eigenvalue weighted by molar-refractivity contribution is 8.12. The van der Waals surface area contributed by atoms with Gasteiger partial charge in [-0.15, -0.1) is 6.42 Å². The first-order valence-electron chi connectivity index (χ1n) is 14.9. The van der Waals surface area contributed by atoms with Gasteiger partial charge in [0.05, 0.1) is 17.9 Å². The SMILES string of the molecule is C#CCN1C(=O)COc2cc(F)c(N3C(=O)C4=C(CCCC4)C3=O)cc21.CCN(C(=O)SCc1ccccc1)C(C)C(C)C. The molecule has 0 N–H and O–H groups in total. The summed E-state index contributed by atoms with van der Waals surface area (Å²) in [6, 6.07) is 12.8. The molecule has 0 aromatic heterocycles. The van der Waals surface area contributed by atoms with Crippen molar-refractivity contribution in [1.82, 2.24) is 4.90 Å². The van der Waals surface area contributed by atoms with Crippen molar-refractivity contribution in [2.75, 3.05) is 29.5 Å². The summed E-state index contributed by atoms with van der Waals surface area (Å²) in [5.41, 5.74) is 2.19. The predicted octanol–water partition coefficient (Wildman–Crippen LogP) is 6.33. The normalized spacial score (nSPS) is 16.5. The van der Waals surface area contributed by atoms with Crippen LogP contribution in [0.5, 0.6) is 5.75 Å². The lowest BCUT2D eigenvalue weighted by atomic mass is 9.93. The van der Waals surface area contributed by atoms with Crippen LogP contribution < -0.4 is 14.5 Å². The molecule has 2 heterocycles.